The van der Waals surface area contributed by atoms with Gasteiger partial charge < -0.3 is 14.3 Å². The van der Waals surface area contributed by atoms with E-state index >= 15 is 0 Å². The van der Waals surface area contributed by atoms with Crippen molar-refractivity contribution in [2.75, 3.05) is 20.3 Å². The SMILES string of the molecule is COc1ccc(-c2nc(CN3CCCCC3CCO)co2)cc1. The maximum absolute atomic E-state index is 9.23. The number of ether oxygens (including phenoxy) is 1. The molecule has 1 saturated heterocycles. The van der Waals surface area contributed by atoms with Crippen LogP contribution in [0.4, 0.5) is 0 Å². The summed E-state index contributed by atoms with van der Waals surface area (Å²) in [7, 11) is 1.65. The van der Waals surface area contributed by atoms with E-state index in [0.717, 1.165) is 42.9 Å². The average Bonchev–Trinajstić information content (AvgIpc) is 3.05. The summed E-state index contributed by atoms with van der Waals surface area (Å²) >= 11 is 0. The predicted octanol–water partition coefficient (Wildman–Crippen LogP) is 3.09. The van der Waals surface area contributed by atoms with Crippen molar-refractivity contribution in [2.45, 2.75) is 38.3 Å². The molecule has 1 aliphatic rings. The maximum atomic E-state index is 9.23. The number of aliphatic hydroxyl groups is 1. The maximum Gasteiger partial charge on any atom is 0.226 e. The molecule has 1 unspecified atom stereocenters. The fourth-order valence-electron chi connectivity index (χ4n) is 3.20. The number of benzene rings is 1. The van der Waals surface area contributed by atoms with Crippen LogP contribution in [0, 0.1) is 0 Å². The van der Waals surface area contributed by atoms with Gasteiger partial charge in [-0.05, 0) is 50.1 Å². The third-order valence-corrected chi connectivity index (χ3v) is 4.47. The van der Waals surface area contributed by atoms with Gasteiger partial charge in [0.25, 0.3) is 0 Å². The first kappa shape index (κ1) is 16.0. The predicted molar refractivity (Wildman–Crippen MR) is 88.2 cm³/mol. The van der Waals surface area contributed by atoms with E-state index in [2.05, 4.69) is 9.88 Å². The zero-order valence-electron chi connectivity index (χ0n) is 13.6. The van der Waals surface area contributed by atoms with Crippen LogP contribution < -0.4 is 4.74 Å². The van der Waals surface area contributed by atoms with Crippen LogP contribution in [-0.2, 0) is 6.54 Å². The molecule has 0 spiro atoms. The van der Waals surface area contributed by atoms with E-state index < -0.39 is 0 Å². The van der Waals surface area contributed by atoms with Gasteiger partial charge in [-0.3, -0.25) is 4.90 Å². The summed E-state index contributed by atoms with van der Waals surface area (Å²) in [6, 6.07) is 8.16. The van der Waals surface area contributed by atoms with Gasteiger partial charge >= 0.3 is 0 Å². The van der Waals surface area contributed by atoms with Gasteiger partial charge in [-0.2, -0.15) is 0 Å². The Labute approximate surface area is 136 Å². The molecule has 1 N–H and O–H groups in total. The molecule has 0 aliphatic carbocycles. The minimum Gasteiger partial charge on any atom is -0.497 e. The highest BCUT2D eigenvalue weighted by molar-refractivity contribution is 5.54. The van der Waals surface area contributed by atoms with Crippen LogP contribution in [0.3, 0.4) is 0 Å². The molecule has 0 bridgehead atoms. The summed E-state index contributed by atoms with van der Waals surface area (Å²) in [6.45, 7) is 2.09. The second kappa shape index (κ2) is 7.62. The summed E-state index contributed by atoms with van der Waals surface area (Å²) in [4.78, 5) is 7.03. The topological polar surface area (TPSA) is 58.7 Å². The first-order chi connectivity index (χ1) is 11.3. The lowest BCUT2D eigenvalue weighted by Gasteiger charge is -2.34. The molecule has 23 heavy (non-hydrogen) atoms. The van der Waals surface area contributed by atoms with Crippen LogP contribution in [-0.4, -0.2) is 41.3 Å². The van der Waals surface area contributed by atoms with Crippen LogP contribution in [0.5, 0.6) is 5.75 Å². The van der Waals surface area contributed by atoms with Gasteiger partial charge in [-0.25, -0.2) is 4.98 Å². The summed E-state index contributed by atoms with van der Waals surface area (Å²) < 4.78 is 10.8. The van der Waals surface area contributed by atoms with Crippen LogP contribution >= 0.6 is 0 Å². The van der Waals surface area contributed by atoms with Crippen molar-refractivity contribution in [2.24, 2.45) is 0 Å². The number of methoxy groups -OCH3 is 1. The van der Waals surface area contributed by atoms with E-state index in [0.29, 0.717) is 11.9 Å². The molecule has 5 nitrogen and oxygen atoms in total. The number of hydrogen-bond acceptors (Lipinski definition) is 5. The molecule has 5 heteroatoms. The van der Waals surface area contributed by atoms with Crippen molar-refractivity contribution in [3.63, 3.8) is 0 Å². The minimum absolute atomic E-state index is 0.247. The lowest BCUT2D eigenvalue weighted by molar-refractivity contribution is 0.111. The lowest BCUT2D eigenvalue weighted by Crippen LogP contribution is -2.39. The van der Waals surface area contributed by atoms with Crippen LogP contribution in [0.1, 0.15) is 31.4 Å². The van der Waals surface area contributed by atoms with E-state index in [9.17, 15) is 5.11 Å². The van der Waals surface area contributed by atoms with Crippen molar-refractivity contribution < 1.29 is 14.3 Å². The first-order valence-electron chi connectivity index (χ1n) is 8.24. The second-order valence-corrected chi connectivity index (χ2v) is 6.00. The minimum atomic E-state index is 0.247. The smallest absolute Gasteiger partial charge is 0.226 e. The molecular formula is C18H24N2O3. The van der Waals surface area contributed by atoms with E-state index in [1.165, 1.54) is 12.8 Å². The van der Waals surface area contributed by atoms with Gasteiger partial charge in [0, 0.05) is 24.8 Å². The summed E-state index contributed by atoms with van der Waals surface area (Å²) in [6.07, 6.45) is 6.19. The van der Waals surface area contributed by atoms with Crippen molar-refractivity contribution >= 4 is 0 Å². The molecule has 124 valence electrons. The number of likely N-dealkylation sites (tertiary alicyclic amines) is 1. The zero-order valence-corrected chi connectivity index (χ0v) is 13.6. The quantitative estimate of drug-likeness (QED) is 0.887. The highest BCUT2D eigenvalue weighted by atomic mass is 16.5. The van der Waals surface area contributed by atoms with E-state index in [-0.39, 0.29) is 6.61 Å². The Morgan fingerprint density at radius 2 is 2.13 bits per heavy atom. The van der Waals surface area contributed by atoms with Gasteiger partial charge in [0.2, 0.25) is 5.89 Å². The lowest BCUT2D eigenvalue weighted by atomic mass is 9.99. The number of aromatic nitrogens is 1. The molecule has 2 aromatic rings. The number of aliphatic hydroxyl groups excluding tert-OH is 1. The van der Waals surface area contributed by atoms with Crippen LogP contribution in [0.15, 0.2) is 34.9 Å². The van der Waals surface area contributed by atoms with Gasteiger partial charge in [0.1, 0.15) is 12.0 Å². The molecule has 0 amide bonds. The number of oxazole rings is 1. The third kappa shape index (κ3) is 3.92. The monoisotopic (exact) mass is 316 g/mol. The fraction of sp³-hybridized carbons (Fsp3) is 0.500. The van der Waals surface area contributed by atoms with E-state index in [1.807, 2.05) is 24.3 Å². The molecular weight excluding hydrogens is 292 g/mol. The highest BCUT2D eigenvalue weighted by Gasteiger charge is 2.23. The molecule has 1 aromatic carbocycles. The van der Waals surface area contributed by atoms with E-state index in [1.54, 1.807) is 13.4 Å². The number of nitrogens with zero attached hydrogens (tertiary/aromatic N) is 2. The molecule has 0 radical (unpaired) electrons. The van der Waals surface area contributed by atoms with Gasteiger partial charge in [0.15, 0.2) is 0 Å². The number of hydrogen-bond donors (Lipinski definition) is 1. The fourth-order valence-corrected chi connectivity index (χ4v) is 3.20. The Bertz CT molecular complexity index is 607. The van der Waals surface area contributed by atoms with Gasteiger partial charge in [0.05, 0.1) is 12.8 Å². The number of piperidine rings is 1. The van der Waals surface area contributed by atoms with E-state index in [4.69, 9.17) is 9.15 Å². The summed E-state index contributed by atoms with van der Waals surface area (Å²) in [5.74, 6) is 1.46. The standard InChI is InChI=1S/C18H24N2O3/c1-22-17-7-5-14(6-8-17)18-19-15(13-23-18)12-20-10-3-2-4-16(20)9-11-21/h5-8,13,16,21H,2-4,9-12H2,1H3. The van der Waals surface area contributed by atoms with Crippen molar-refractivity contribution in [3.05, 3.63) is 36.2 Å². The Hall–Kier alpha value is -1.85. The van der Waals surface area contributed by atoms with Crippen molar-refractivity contribution in [1.82, 2.24) is 9.88 Å². The second-order valence-electron chi connectivity index (χ2n) is 6.00. The number of rotatable bonds is 6. The molecule has 1 fully saturated rings. The molecule has 1 aliphatic heterocycles. The zero-order chi connectivity index (χ0) is 16.1. The Morgan fingerprint density at radius 3 is 2.87 bits per heavy atom. The molecule has 1 atom stereocenters. The average molecular weight is 316 g/mol. The molecule has 2 heterocycles. The Kier molecular flexibility index (Phi) is 5.31. The Balaban J connectivity index is 1.68. The van der Waals surface area contributed by atoms with Gasteiger partial charge in [-0.1, -0.05) is 6.42 Å². The largest absolute Gasteiger partial charge is 0.497 e. The van der Waals surface area contributed by atoms with Gasteiger partial charge in [-0.15, -0.1) is 0 Å². The first-order valence-corrected chi connectivity index (χ1v) is 8.24. The molecule has 0 saturated carbocycles. The Morgan fingerprint density at radius 1 is 1.30 bits per heavy atom. The third-order valence-electron chi connectivity index (χ3n) is 4.47. The highest BCUT2D eigenvalue weighted by Crippen LogP contribution is 2.25. The molecule has 1 aromatic heterocycles. The van der Waals surface area contributed by atoms with Crippen molar-refractivity contribution in [3.8, 4) is 17.2 Å². The summed E-state index contributed by atoms with van der Waals surface area (Å²) in [5.41, 5.74) is 1.89. The molecule has 3 rings (SSSR count). The van der Waals surface area contributed by atoms with Crippen molar-refractivity contribution in [1.29, 1.82) is 0 Å². The van der Waals surface area contributed by atoms with Crippen LogP contribution in [0.25, 0.3) is 11.5 Å². The normalized spacial score (nSPS) is 19.0. The summed E-state index contributed by atoms with van der Waals surface area (Å²) in [5, 5.41) is 9.23. The van der Waals surface area contributed by atoms with Crippen LogP contribution in [0.2, 0.25) is 0 Å².